The van der Waals surface area contributed by atoms with Crippen LogP contribution in [0.15, 0.2) is 55.1 Å². The van der Waals surface area contributed by atoms with Gasteiger partial charge in [-0.25, -0.2) is 9.50 Å². The number of pyridine rings is 3. The van der Waals surface area contributed by atoms with Crippen molar-refractivity contribution in [3.05, 3.63) is 71.9 Å². The fraction of sp³-hybridized carbons (Fsp3) is 0.367. The fourth-order valence-corrected chi connectivity index (χ4v) is 5.40. The molecule has 4 aromatic rings. The molecule has 0 bridgehead atoms. The first-order valence-corrected chi connectivity index (χ1v) is 14.2. The van der Waals surface area contributed by atoms with Gasteiger partial charge >= 0.3 is 0 Å². The van der Waals surface area contributed by atoms with Gasteiger partial charge in [0.2, 0.25) is 0 Å². The van der Waals surface area contributed by atoms with Gasteiger partial charge in [-0.2, -0.15) is 10.4 Å². The molecular formula is C30H31ClN8O2. The summed E-state index contributed by atoms with van der Waals surface area (Å²) in [5, 5.41) is 17.2. The largest absolute Gasteiger partial charge is 0.490 e. The van der Waals surface area contributed by atoms with Gasteiger partial charge < -0.3 is 20.7 Å². The van der Waals surface area contributed by atoms with Crippen LogP contribution in [-0.4, -0.2) is 56.3 Å². The molecule has 210 valence electrons. The number of alkyl halides is 1. The number of carbonyl (C=O) groups excluding carboxylic acids is 1. The number of amides is 1. The van der Waals surface area contributed by atoms with Crippen molar-refractivity contribution in [2.24, 2.45) is 5.73 Å². The maximum atomic E-state index is 13.0. The second-order valence-electron chi connectivity index (χ2n) is 11.3. The highest BCUT2D eigenvalue weighted by atomic mass is 35.5. The average Bonchev–Trinajstić information content (AvgIpc) is 3.59. The van der Waals surface area contributed by atoms with E-state index < -0.39 is 0 Å². The molecule has 1 saturated heterocycles. The van der Waals surface area contributed by atoms with Crippen molar-refractivity contribution in [2.75, 3.05) is 24.6 Å². The Bertz CT molecular complexity index is 1630. The number of anilines is 1. The number of nitrogens with two attached hydrogens (primary N) is 1. The van der Waals surface area contributed by atoms with E-state index >= 15 is 0 Å². The van der Waals surface area contributed by atoms with Crippen molar-refractivity contribution in [1.82, 2.24) is 24.9 Å². The van der Waals surface area contributed by atoms with Gasteiger partial charge in [0.15, 0.2) is 0 Å². The summed E-state index contributed by atoms with van der Waals surface area (Å²) in [4.78, 5) is 24.2. The van der Waals surface area contributed by atoms with E-state index in [2.05, 4.69) is 33.3 Å². The lowest BCUT2D eigenvalue weighted by atomic mass is 9.89. The van der Waals surface area contributed by atoms with E-state index in [1.807, 2.05) is 30.5 Å². The van der Waals surface area contributed by atoms with Crippen molar-refractivity contribution in [2.45, 2.75) is 49.6 Å². The number of aromatic nitrogens is 4. The molecule has 1 aliphatic heterocycles. The summed E-state index contributed by atoms with van der Waals surface area (Å²) in [6, 6.07) is 11.8. The first kappa shape index (κ1) is 27.0. The quantitative estimate of drug-likeness (QED) is 0.303. The molecule has 11 heteroatoms. The lowest BCUT2D eigenvalue weighted by Gasteiger charge is -2.40. The zero-order valence-corrected chi connectivity index (χ0v) is 23.6. The molecule has 1 saturated carbocycles. The molecule has 5 heterocycles. The Morgan fingerprint density at radius 2 is 2.00 bits per heavy atom. The van der Waals surface area contributed by atoms with Gasteiger partial charge in [-0.05, 0) is 62.4 Å². The van der Waals surface area contributed by atoms with Gasteiger partial charge in [0.1, 0.15) is 29.9 Å². The summed E-state index contributed by atoms with van der Waals surface area (Å²) >= 11 is 6.01. The van der Waals surface area contributed by atoms with Crippen LogP contribution in [0.2, 0.25) is 0 Å². The average molecular weight is 571 g/mol. The Kier molecular flexibility index (Phi) is 7.01. The van der Waals surface area contributed by atoms with Gasteiger partial charge in [0.25, 0.3) is 5.91 Å². The van der Waals surface area contributed by atoms with Crippen LogP contribution in [0.4, 0.5) is 5.82 Å². The Morgan fingerprint density at radius 3 is 2.68 bits per heavy atom. The Morgan fingerprint density at radius 1 is 1.20 bits per heavy atom. The van der Waals surface area contributed by atoms with Crippen molar-refractivity contribution in [3.8, 4) is 22.9 Å². The van der Waals surface area contributed by atoms with Gasteiger partial charge in [0, 0.05) is 48.0 Å². The maximum absolute atomic E-state index is 13.0. The van der Waals surface area contributed by atoms with Gasteiger partial charge in [-0.3, -0.25) is 9.78 Å². The molecule has 6 rings (SSSR count). The molecule has 2 aliphatic rings. The van der Waals surface area contributed by atoms with Crippen LogP contribution in [0.3, 0.4) is 0 Å². The molecule has 4 aromatic heterocycles. The number of nitrogens with zero attached hydrogens (tertiary/aromatic N) is 6. The van der Waals surface area contributed by atoms with Gasteiger partial charge in [-0.1, -0.05) is 6.07 Å². The number of fused-ring (bicyclic) bond motifs is 1. The Labute approximate surface area is 243 Å². The van der Waals surface area contributed by atoms with Crippen molar-refractivity contribution in [3.63, 3.8) is 0 Å². The van der Waals surface area contributed by atoms with Crippen LogP contribution in [0, 0.1) is 11.3 Å². The second kappa shape index (κ2) is 10.7. The monoisotopic (exact) mass is 570 g/mol. The third kappa shape index (κ3) is 5.56. The molecule has 0 aromatic carbocycles. The molecule has 0 unspecified atom stereocenters. The molecule has 1 amide bonds. The molecule has 2 fully saturated rings. The Hall–Kier alpha value is -4.20. The Balaban J connectivity index is 1.17. The van der Waals surface area contributed by atoms with Gasteiger partial charge in [-0.15, -0.1) is 11.6 Å². The van der Waals surface area contributed by atoms with Crippen LogP contribution in [-0.2, 0) is 5.88 Å². The first-order valence-electron chi connectivity index (χ1n) is 13.7. The molecule has 41 heavy (non-hydrogen) atoms. The molecule has 0 spiro atoms. The number of hydrogen-bond acceptors (Lipinski definition) is 8. The molecule has 1 aliphatic carbocycles. The van der Waals surface area contributed by atoms with Crippen molar-refractivity contribution < 1.29 is 9.53 Å². The SMILES string of the molecule is CC1(NC(=O)c2ncccc2CCl)CCN(c2ccc(-c3cc(OCC4(N)CC4)cn4ncc(C#N)c34)cn2)CC1. The number of piperidine rings is 1. The standard InChI is InChI=1S/C30H31ClN8O2/c1-29(37-28(40)26-20(14-31)3-2-10-34-26)8-11-38(12-9-29)25-5-4-21(16-35-25)24-13-23(41-19-30(33)6-7-30)18-39-27(24)22(15-32)17-36-39/h2-5,10,13,16-18H,6-9,11-12,14,19,33H2,1H3,(H,37,40). The predicted molar refractivity (Wildman–Crippen MR) is 156 cm³/mol. The lowest BCUT2D eigenvalue weighted by Crippen LogP contribution is -2.53. The minimum Gasteiger partial charge on any atom is -0.490 e. The summed E-state index contributed by atoms with van der Waals surface area (Å²) in [6.45, 7) is 3.98. The number of hydrogen-bond donors (Lipinski definition) is 2. The van der Waals surface area contributed by atoms with Crippen LogP contribution >= 0.6 is 11.6 Å². The molecule has 0 radical (unpaired) electrons. The predicted octanol–water partition coefficient (Wildman–Crippen LogP) is 4.06. The second-order valence-corrected chi connectivity index (χ2v) is 11.5. The first-order chi connectivity index (χ1) is 19.8. The van der Waals surface area contributed by atoms with E-state index in [1.54, 1.807) is 29.2 Å². The number of carbonyl (C=O) groups is 1. The van der Waals surface area contributed by atoms with E-state index in [0.717, 1.165) is 61.3 Å². The highest BCUT2D eigenvalue weighted by molar-refractivity contribution is 6.17. The van der Waals surface area contributed by atoms with Crippen LogP contribution in [0.25, 0.3) is 16.6 Å². The summed E-state index contributed by atoms with van der Waals surface area (Å²) in [6.07, 6.45) is 10.2. The van der Waals surface area contributed by atoms with Crippen LogP contribution in [0.5, 0.6) is 5.75 Å². The van der Waals surface area contributed by atoms with Crippen LogP contribution in [0.1, 0.15) is 54.2 Å². The van der Waals surface area contributed by atoms with E-state index in [4.69, 9.17) is 27.1 Å². The number of halogens is 1. The number of nitrogens with one attached hydrogen (secondary N) is 1. The molecular weight excluding hydrogens is 540 g/mol. The number of nitriles is 1. The van der Waals surface area contributed by atoms with E-state index in [1.165, 1.54) is 0 Å². The zero-order valence-electron chi connectivity index (χ0n) is 22.8. The molecule has 3 N–H and O–H groups in total. The maximum Gasteiger partial charge on any atom is 0.270 e. The van der Waals surface area contributed by atoms with Gasteiger partial charge in [0.05, 0.1) is 29.0 Å². The van der Waals surface area contributed by atoms with E-state index in [-0.39, 0.29) is 22.9 Å². The van der Waals surface area contributed by atoms with Crippen molar-refractivity contribution >= 4 is 28.8 Å². The minimum absolute atomic E-state index is 0.201. The lowest BCUT2D eigenvalue weighted by molar-refractivity contribution is 0.0885. The third-order valence-corrected chi connectivity index (χ3v) is 8.33. The zero-order chi connectivity index (χ0) is 28.6. The van der Waals surface area contributed by atoms with Crippen LogP contribution < -0.4 is 20.7 Å². The summed E-state index contributed by atoms with van der Waals surface area (Å²) < 4.78 is 7.69. The summed E-state index contributed by atoms with van der Waals surface area (Å²) in [5.41, 5.74) is 9.55. The fourth-order valence-electron chi connectivity index (χ4n) is 5.18. The van der Waals surface area contributed by atoms with E-state index in [9.17, 15) is 10.1 Å². The number of rotatable bonds is 8. The summed E-state index contributed by atoms with van der Waals surface area (Å²) in [7, 11) is 0. The molecule has 0 atom stereocenters. The smallest absolute Gasteiger partial charge is 0.270 e. The third-order valence-electron chi connectivity index (χ3n) is 8.04. The normalized spacial score (nSPS) is 17.2. The topological polar surface area (TPSA) is 134 Å². The highest BCUT2D eigenvalue weighted by Gasteiger charge is 2.39. The minimum atomic E-state index is -0.362. The van der Waals surface area contributed by atoms with Crippen molar-refractivity contribution in [1.29, 1.82) is 5.26 Å². The molecule has 10 nitrogen and oxygen atoms in total. The number of ether oxygens (including phenoxy) is 1. The highest BCUT2D eigenvalue weighted by Crippen LogP contribution is 2.35. The summed E-state index contributed by atoms with van der Waals surface area (Å²) in [5.74, 6) is 1.53. The van der Waals surface area contributed by atoms with E-state index in [0.29, 0.717) is 29.1 Å².